The Labute approximate surface area is 131 Å². The Morgan fingerprint density at radius 1 is 0.591 bits per heavy atom. The van der Waals surface area contributed by atoms with E-state index in [-0.39, 0.29) is 13.2 Å². The Hall–Kier alpha value is -0.360. The highest BCUT2D eigenvalue weighted by atomic mass is 16.4. The van der Waals surface area contributed by atoms with E-state index in [4.69, 9.17) is 46.0 Å². The number of aliphatic hydroxyl groups excluding tert-OH is 9. The Morgan fingerprint density at radius 2 is 0.773 bits per heavy atom. The van der Waals surface area contributed by atoms with Crippen LogP contribution in [0.4, 0.5) is 0 Å². The summed E-state index contributed by atoms with van der Waals surface area (Å²) >= 11 is 0. The van der Waals surface area contributed by atoms with E-state index in [0.717, 1.165) is 6.42 Å². The molecule has 0 aromatic carbocycles. The molecule has 0 saturated carbocycles. The molecule has 0 aliphatic heterocycles. The molecule has 0 rings (SSSR count). The van der Waals surface area contributed by atoms with Crippen molar-refractivity contribution in [3.05, 3.63) is 0 Å². The summed E-state index contributed by atoms with van der Waals surface area (Å²) in [6.45, 7) is 4.66. The first-order valence-corrected chi connectivity index (χ1v) is 7.05. The molecule has 140 valence electrons. The molecule has 0 fully saturated rings. The lowest BCUT2D eigenvalue weighted by Gasteiger charge is -2.24. The standard InChI is InChI=1S/C6H14O6.C3H8O.2C2H6O/c7-1-3(9)5(11)6(12)4(10)2-8;1-2-3-4;2*1-2-3/h3-12H,1-2H2;4H,2-3H2,1H3;2*3H,2H2,1H3/t3-,4+,5-,6-;;;/m1.../s1. The van der Waals surface area contributed by atoms with Gasteiger partial charge >= 0.3 is 0 Å². The highest BCUT2D eigenvalue weighted by Crippen LogP contribution is 2.03. The fourth-order valence-electron chi connectivity index (χ4n) is 0.671. The van der Waals surface area contributed by atoms with Gasteiger partial charge < -0.3 is 46.0 Å². The zero-order chi connectivity index (χ0) is 18.6. The maximum atomic E-state index is 8.96. The van der Waals surface area contributed by atoms with Gasteiger partial charge in [0.1, 0.15) is 24.4 Å². The molecule has 0 amide bonds. The second-order valence-electron chi connectivity index (χ2n) is 3.84. The van der Waals surface area contributed by atoms with Crippen molar-refractivity contribution in [2.24, 2.45) is 0 Å². The molecule has 0 unspecified atom stereocenters. The van der Waals surface area contributed by atoms with E-state index < -0.39 is 37.6 Å². The Kier molecular flexibility index (Phi) is 34.5. The summed E-state index contributed by atoms with van der Waals surface area (Å²) in [4.78, 5) is 0. The minimum absolute atomic E-state index is 0.250. The number of rotatable bonds is 6. The van der Waals surface area contributed by atoms with Crippen molar-refractivity contribution >= 4 is 0 Å². The third kappa shape index (κ3) is 24.6. The van der Waals surface area contributed by atoms with Crippen molar-refractivity contribution in [1.29, 1.82) is 0 Å². The van der Waals surface area contributed by atoms with Crippen LogP contribution in [0, 0.1) is 0 Å². The van der Waals surface area contributed by atoms with Gasteiger partial charge in [0.25, 0.3) is 0 Å². The topological polar surface area (TPSA) is 182 Å². The van der Waals surface area contributed by atoms with Crippen LogP contribution in [0.15, 0.2) is 0 Å². The lowest BCUT2D eigenvalue weighted by molar-refractivity contribution is -0.123. The van der Waals surface area contributed by atoms with Crippen LogP contribution in [-0.2, 0) is 0 Å². The molecule has 0 bridgehead atoms. The maximum Gasteiger partial charge on any atom is 0.111 e. The summed E-state index contributed by atoms with van der Waals surface area (Å²) in [7, 11) is 0. The molecule has 22 heavy (non-hydrogen) atoms. The van der Waals surface area contributed by atoms with Gasteiger partial charge in [-0.2, -0.15) is 0 Å². The van der Waals surface area contributed by atoms with E-state index in [1.807, 2.05) is 6.92 Å². The molecular formula is C13H34O9. The lowest BCUT2D eigenvalue weighted by Crippen LogP contribution is -2.46. The van der Waals surface area contributed by atoms with Crippen molar-refractivity contribution in [1.82, 2.24) is 0 Å². The Balaban J connectivity index is -0.000000133. The van der Waals surface area contributed by atoms with E-state index in [9.17, 15) is 0 Å². The monoisotopic (exact) mass is 334 g/mol. The van der Waals surface area contributed by atoms with Crippen molar-refractivity contribution in [2.45, 2.75) is 51.6 Å². The van der Waals surface area contributed by atoms with Crippen molar-refractivity contribution in [3.8, 4) is 0 Å². The average molecular weight is 334 g/mol. The van der Waals surface area contributed by atoms with Crippen molar-refractivity contribution in [3.63, 3.8) is 0 Å². The van der Waals surface area contributed by atoms with E-state index in [0.29, 0.717) is 6.61 Å². The van der Waals surface area contributed by atoms with E-state index >= 15 is 0 Å². The normalized spacial score (nSPS) is 14.7. The minimum Gasteiger partial charge on any atom is -0.397 e. The van der Waals surface area contributed by atoms with Crippen LogP contribution >= 0.6 is 0 Å². The molecule has 0 saturated heterocycles. The van der Waals surface area contributed by atoms with Gasteiger partial charge in [0.2, 0.25) is 0 Å². The van der Waals surface area contributed by atoms with Gasteiger partial charge in [0, 0.05) is 19.8 Å². The Bertz CT molecular complexity index is 154. The van der Waals surface area contributed by atoms with E-state index in [2.05, 4.69) is 0 Å². The molecule has 4 atom stereocenters. The predicted octanol–water partition coefficient (Wildman–Crippen LogP) is -3.20. The fraction of sp³-hybridized carbons (Fsp3) is 1.00. The van der Waals surface area contributed by atoms with Crippen LogP contribution in [0.25, 0.3) is 0 Å². The molecule has 0 spiro atoms. The van der Waals surface area contributed by atoms with Crippen LogP contribution < -0.4 is 0 Å². The van der Waals surface area contributed by atoms with Gasteiger partial charge in [0.15, 0.2) is 0 Å². The summed E-state index contributed by atoms with van der Waals surface area (Å²) in [6, 6.07) is 0. The molecule has 0 radical (unpaired) electrons. The maximum absolute atomic E-state index is 8.96. The van der Waals surface area contributed by atoms with Gasteiger partial charge in [-0.3, -0.25) is 0 Å². The molecule has 0 heterocycles. The van der Waals surface area contributed by atoms with Gasteiger partial charge in [-0.1, -0.05) is 6.92 Å². The molecule has 9 nitrogen and oxygen atoms in total. The summed E-state index contributed by atoms with van der Waals surface area (Å²) in [5.74, 6) is 0. The highest BCUT2D eigenvalue weighted by molar-refractivity contribution is 4.79. The first-order valence-electron chi connectivity index (χ1n) is 7.05. The van der Waals surface area contributed by atoms with Gasteiger partial charge in [-0.25, -0.2) is 0 Å². The molecule has 0 aromatic heterocycles. The van der Waals surface area contributed by atoms with Crippen molar-refractivity contribution < 1.29 is 46.0 Å². The number of hydrogen-bond donors (Lipinski definition) is 9. The Morgan fingerprint density at radius 3 is 0.864 bits per heavy atom. The average Bonchev–Trinajstić information content (AvgIpc) is 2.53. The highest BCUT2D eigenvalue weighted by Gasteiger charge is 2.29. The molecule has 0 aliphatic carbocycles. The van der Waals surface area contributed by atoms with Crippen LogP contribution in [-0.4, -0.2) is 103 Å². The van der Waals surface area contributed by atoms with Crippen LogP contribution in [0.5, 0.6) is 0 Å². The SMILES string of the molecule is CCCO.CCO.CCO.OC[C@@H](O)[C@@H](O)[C@H](O)[C@@H](O)CO. The summed E-state index contributed by atoms with van der Waals surface area (Å²) < 4.78 is 0. The quantitative estimate of drug-likeness (QED) is 0.241. The summed E-state index contributed by atoms with van der Waals surface area (Å²) in [5, 5.41) is 75.2. The van der Waals surface area contributed by atoms with Gasteiger partial charge in [-0.15, -0.1) is 0 Å². The second kappa shape index (κ2) is 25.6. The molecular weight excluding hydrogens is 300 g/mol. The third-order valence-corrected chi connectivity index (χ3v) is 1.74. The zero-order valence-electron chi connectivity index (χ0n) is 13.6. The first-order chi connectivity index (χ1) is 10.3. The third-order valence-electron chi connectivity index (χ3n) is 1.74. The van der Waals surface area contributed by atoms with Crippen LogP contribution in [0.1, 0.15) is 27.2 Å². The molecule has 9 heteroatoms. The minimum atomic E-state index is -1.67. The smallest absolute Gasteiger partial charge is 0.111 e. The van der Waals surface area contributed by atoms with Gasteiger partial charge in [0.05, 0.1) is 13.2 Å². The van der Waals surface area contributed by atoms with E-state index in [1.165, 1.54) is 0 Å². The van der Waals surface area contributed by atoms with E-state index in [1.54, 1.807) is 13.8 Å². The lowest BCUT2D eigenvalue weighted by atomic mass is 10.0. The molecule has 0 aliphatic rings. The molecule has 0 aromatic rings. The number of hydrogen-bond acceptors (Lipinski definition) is 9. The zero-order valence-corrected chi connectivity index (χ0v) is 13.6. The summed E-state index contributed by atoms with van der Waals surface area (Å²) in [5.41, 5.74) is 0. The van der Waals surface area contributed by atoms with Gasteiger partial charge in [-0.05, 0) is 20.3 Å². The predicted molar refractivity (Wildman–Crippen MR) is 81.1 cm³/mol. The first kappa shape index (κ1) is 29.6. The number of aliphatic hydroxyl groups is 9. The fourth-order valence-corrected chi connectivity index (χ4v) is 0.671. The summed E-state index contributed by atoms with van der Waals surface area (Å²) in [6.07, 6.45) is -5.52. The second-order valence-corrected chi connectivity index (χ2v) is 3.84. The van der Waals surface area contributed by atoms with Crippen molar-refractivity contribution in [2.75, 3.05) is 33.0 Å². The van der Waals surface area contributed by atoms with Crippen LogP contribution in [0.2, 0.25) is 0 Å². The largest absolute Gasteiger partial charge is 0.397 e. The molecule has 9 N–H and O–H groups in total. The van der Waals surface area contributed by atoms with Crippen LogP contribution in [0.3, 0.4) is 0 Å².